The highest BCUT2D eigenvalue weighted by Crippen LogP contribution is 2.38. The number of anilines is 1. The topological polar surface area (TPSA) is 64.0 Å². The zero-order valence-corrected chi connectivity index (χ0v) is 22.0. The van der Waals surface area contributed by atoms with E-state index in [-0.39, 0.29) is 17.0 Å². The molecule has 0 saturated heterocycles. The van der Waals surface area contributed by atoms with Gasteiger partial charge in [0.05, 0.1) is 27.4 Å². The summed E-state index contributed by atoms with van der Waals surface area (Å²) >= 11 is 8.24. The van der Waals surface area contributed by atoms with Crippen LogP contribution in [0.5, 0.6) is 0 Å². The Hall–Kier alpha value is -2.82. The molecule has 1 atom stereocenters. The molecule has 0 bridgehead atoms. The van der Waals surface area contributed by atoms with Crippen LogP contribution in [0.15, 0.2) is 58.5 Å². The summed E-state index contributed by atoms with van der Waals surface area (Å²) in [5, 5.41) is 3.00. The molecule has 2 heterocycles. The molecule has 0 spiro atoms. The number of thiophene rings is 1. The fourth-order valence-electron chi connectivity index (χ4n) is 4.42. The molecular weight excluding hydrogens is 543 g/mol. The molecule has 1 aliphatic carbocycles. The van der Waals surface area contributed by atoms with E-state index in [9.17, 15) is 22.8 Å². The highest BCUT2D eigenvalue weighted by atomic mass is 35.5. The molecule has 11 heteroatoms. The lowest BCUT2D eigenvalue weighted by Gasteiger charge is -2.17. The van der Waals surface area contributed by atoms with Crippen molar-refractivity contribution >= 4 is 56.5 Å². The minimum absolute atomic E-state index is 0.0220. The molecule has 2 aromatic carbocycles. The third kappa shape index (κ3) is 5.28. The number of amides is 1. The fourth-order valence-corrected chi connectivity index (χ4v) is 6.88. The van der Waals surface area contributed by atoms with E-state index in [2.05, 4.69) is 12.2 Å². The number of nitrogens with zero attached hydrogens (tertiary/aromatic N) is 2. The number of hydrogen-bond acceptors (Lipinski definition) is 5. The van der Waals surface area contributed by atoms with E-state index in [1.54, 1.807) is 12.1 Å². The number of rotatable bonds is 5. The largest absolute Gasteiger partial charge is 0.417 e. The van der Waals surface area contributed by atoms with Crippen LogP contribution in [0.3, 0.4) is 0 Å². The van der Waals surface area contributed by atoms with Crippen LogP contribution in [0.4, 0.5) is 18.9 Å². The van der Waals surface area contributed by atoms with Crippen molar-refractivity contribution in [3.05, 3.63) is 79.9 Å². The van der Waals surface area contributed by atoms with Gasteiger partial charge in [-0.2, -0.15) is 13.2 Å². The maximum absolute atomic E-state index is 13.8. The number of aromatic nitrogens is 2. The monoisotopic (exact) mass is 563 g/mol. The third-order valence-electron chi connectivity index (χ3n) is 6.20. The Morgan fingerprint density at radius 2 is 2.00 bits per heavy atom. The van der Waals surface area contributed by atoms with E-state index in [1.807, 2.05) is 18.2 Å². The number of halogens is 4. The molecule has 192 valence electrons. The summed E-state index contributed by atoms with van der Waals surface area (Å²) in [7, 11) is 0. The van der Waals surface area contributed by atoms with Crippen molar-refractivity contribution in [3.63, 3.8) is 0 Å². The Morgan fingerprint density at radius 3 is 2.73 bits per heavy atom. The normalized spacial score (nSPS) is 15.5. The summed E-state index contributed by atoms with van der Waals surface area (Å²) in [4.78, 5) is 33.0. The molecule has 5 nitrogen and oxygen atoms in total. The van der Waals surface area contributed by atoms with Crippen molar-refractivity contribution in [2.45, 2.75) is 37.5 Å². The quantitative estimate of drug-likeness (QED) is 0.210. The van der Waals surface area contributed by atoms with E-state index in [0.29, 0.717) is 27.0 Å². The van der Waals surface area contributed by atoms with Crippen LogP contribution in [0, 0.1) is 5.92 Å². The second-order valence-corrected chi connectivity index (χ2v) is 11.4. The van der Waals surface area contributed by atoms with Crippen LogP contribution in [0.1, 0.15) is 29.3 Å². The van der Waals surface area contributed by atoms with Crippen LogP contribution >= 0.6 is 34.7 Å². The molecule has 1 unspecified atom stereocenters. The highest BCUT2D eigenvalue weighted by molar-refractivity contribution is 7.99. The molecule has 2 aromatic heterocycles. The average Bonchev–Trinajstić information content (AvgIpc) is 3.21. The number of benzene rings is 2. The number of para-hydroxylation sites is 1. The number of carbonyl (C=O) groups is 1. The van der Waals surface area contributed by atoms with Gasteiger partial charge in [0.25, 0.3) is 5.56 Å². The van der Waals surface area contributed by atoms with Crippen molar-refractivity contribution in [2.75, 3.05) is 11.1 Å². The Kier molecular flexibility index (Phi) is 7.08. The molecule has 5 rings (SSSR count). The van der Waals surface area contributed by atoms with Crippen molar-refractivity contribution in [1.82, 2.24) is 9.55 Å². The second kappa shape index (κ2) is 10.2. The maximum Gasteiger partial charge on any atom is 0.417 e. The molecule has 1 N–H and O–H groups in total. The van der Waals surface area contributed by atoms with Gasteiger partial charge in [0.15, 0.2) is 5.16 Å². The van der Waals surface area contributed by atoms with Gasteiger partial charge in [0.2, 0.25) is 5.91 Å². The van der Waals surface area contributed by atoms with Crippen molar-refractivity contribution in [1.29, 1.82) is 0 Å². The van der Waals surface area contributed by atoms with Crippen molar-refractivity contribution in [3.8, 4) is 5.69 Å². The first kappa shape index (κ1) is 25.8. The van der Waals surface area contributed by atoms with Crippen molar-refractivity contribution < 1.29 is 18.0 Å². The molecule has 4 aromatic rings. The third-order valence-corrected chi connectivity index (χ3v) is 8.62. The molecule has 0 saturated carbocycles. The van der Waals surface area contributed by atoms with E-state index in [4.69, 9.17) is 16.6 Å². The number of thioether (sulfide) groups is 1. The lowest BCUT2D eigenvalue weighted by molar-refractivity contribution is -0.137. The Balaban J connectivity index is 1.46. The van der Waals surface area contributed by atoms with Gasteiger partial charge in [-0.05, 0) is 61.1 Å². The van der Waals surface area contributed by atoms with E-state index in [1.165, 1.54) is 26.8 Å². The van der Waals surface area contributed by atoms with Gasteiger partial charge in [-0.3, -0.25) is 14.2 Å². The molecule has 0 fully saturated rings. The summed E-state index contributed by atoms with van der Waals surface area (Å²) in [6, 6.07) is 12.3. The van der Waals surface area contributed by atoms with Gasteiger partial charge < -0.3 is 5.32 Å². The molecule has 1 aliphatic rings. The van der Waals surface area contributed by atoms with Crippen LogP contribution in [0.2, 0.25) is 5.02 Å². The summed E-state index contributed by atoms with van der Waals surface area (Å²) in [6.45, 7) is 2.20. The summed E-state index contributed by atoms with van der Waals surface area (Å²) in [5.41, 5.74) is 0.463. The first-order valence-electron chi connectivity index (χ1n) is 11.5. The number of fused-ring (bicyclic) bond motifs is 3. The second-order valence-electron chi connectivity index (χ2n) is 8.93. The van der Waals surface area contributed by atoms with Crippen LogP contribution in [-0.4, -0.2) is 21.2 Å². The SMILES string of the molecule is CC1CCc2c(sc3nc(SCC(=O)Nc4ccc(Cl)c(C(F)(F)F)c4)n(-c4ccccc4)c(=O)c23)C1. The zero-order valence-electron chi connectivity index (χ0n) is 19.6. The van der Waals surface area contributed by atoms with Gasteiger partial charge in [0, 0.05) is 10.6 Å². The van der Waals surface area contributed by atoms with E-state index < -0.39 is 22.7 Å². The van der Waals surface area contributed by atoms with Gasteiger partial charge in [-0.1, -0.05) is 48.5 Å². The minimum atomic E-state index is -4.64. The van der Waals surface area contributed by atoms with E-state index >= 15 is 0 Å². The zero-order chi connectivity index (χ0) is 26.3. The fraction of sp³-hybridized carbons (Fsp3) is 0.269. The number of hydrogen-bond donors (Lipinski definition) is 1. The Labute approximate surface area is 223 Å². The lowest BCUT2D eigenvalue weighted by atomic mass is 9.89. The van der Waals surface area contributed by atoms with Crippen LogP contribution in [0.25, 0.3) is 15.9 Å². The smallest absolute Gasteiger partial charge is 0.325 e. The number of alkyl halides is 3. The minimum Gasteiger partial charge on any atom is -0.325 e. The molecule has 0 radical (unpaired) electrons. The number of nitrogens with one attached hydrogen (secondary N) is 1. The lowest BCUT2D eigenvalue weighted by Crippen LogP contribution is -2.23. The number of aryl methyl sites for hydroxylation is 1. The Bertz CT molecular complexity index is 1550. The molecular formula is C26H21ClF3N3O2S2. The predicted octanol–water partition coefficient (Wildman–Crippen LogP) is 6.98. The van der Waals surface area contributed by atoms with Gasteiger partial charge in [-0.25, -0.2) is 4.98 Å². The predicted molar refractivity (Wildman–Crippen MR) is 142 cm³/mol. The molecule has 37 heavy (non-hydrogen) atoms. The van der Waals surface area contributed by atoms with E-state index in [0.717, 1.165) is 48.7 Å². The van der Waals surface area contributed by atoms with Crippen molar-refractivity contribution in [2.24, 2.45) is 5.92 Å². The average molecular weight is 564 g/mol. The Morgan fingerprint density at radius 1 is 1.24 bits per heavy atom. The standard InChI is InChI=1S/C26H21ClF3N3O2S2/c1-14-7-9-17-20(11-14)37-23-22(17)24(35)33(16-5-3-2-4-6-16)25(32-23)36-13-21(34)31-15-8-10-19(27)18(12-15)26(28,29)30/h2-6,8,10,12,14H,7,9,11,13H2,1H3,(H,31,34). The van der Waals surface area contributed by atoms with Crippen LogP contribution < -0.4 is 10.9 Å². The van der Waals surface area contributed by atoms with Gasteiger partial charge in [0.1, 0.15) is 4.83 Å². The maximum atomic E-state index is 13.8. The summed E-state index contributed by atoms with van der Waals surface area (Å²) in [6.07, 6.45) is -1.89. The van der Waals surface area contributed by atoms with Gasteiger partial charge in [-0.15, -0.1) is 11.3 Å². The molecule has 1 amide bonds. The summed E-state index contributed by atoms with van der Waals surface area (Å²) in [5.74, 6) is -0.148. The van der Waals surface area contributed by atoms with Gasteiger partial charge >= 0.3 is 6.18 Å². The summed E-state index contributed by atoms with van der Waals surface area (Å²) < 4.78 is 41.0. The molecule has 0 aliphatic heterocycles. The first-order valence-corrected chi connectivity index (χ1v) is 13.7. The van der Waals surface area contributed by atoms with Crippen LogP contribution in [-0.2, 0) is 23.8 Å². The highest BCUT2D eigenvalue weighted by Gasteiger charge is 2.33. The first-order chi connectivity index (χ1) is 17.6. The number of carbonyl (C=O) groups excluding carboxylic acids is 1.